The largest absolute Gasteiger partial charge is 0.382 e. The summed E-state index contributed by atoms with van der Waals surface area (Å²) >= 11 is 5.92. The number of anilines is 1. The van der Waals surface area contributed by atoms with Crippen LogP contribution < -0.4 is 5.32 Å². The molecule has 5 heteroatoms. The Labute approximate surface area is 111 Å². The van der Waals surface area contributed by atoms with Gasteiger partial charge in [0.05, 0.1) is 4.92 Å². The van der Waals surface area contributed by atoms with Crippen molar-refractivity contribution in [1.29, 1.82) is 0 Å². The lowest BCUT2D eigenvalue weighted by molar-refractivity contribution is -0.384. The van der Waals surface area contributed by atoms with E-state index in [0.29, 0.717) is 6.04 Å². The van der Waals surface area contributed by atoms with Gasteiger partial charge in [0.15, 0.2) is 0 Å². The first-order valence-electron chi connectivity index (χ1n) is 6.18. The number of rotatable bonds is 5. The van der Waals surface area contributed by atoms with Crippen LogP contribution in [-0.2, 0) is 0 Å². The molecule has 1 unspecified atom stereocenters. The third-order valence-electron chi connectivity index (χ3n) is 3.28. The van der Waals surface area contributed by atoms with Gasteiger partial charge in [-0.25, -0.2) is 0 Å². The Bertz CT molecular complexity index is 472. The topological polar surface area (TPSA) is 55.2 Å². The van der Waals surface area contributed by atoms with E-state index in [1.807, 2.05) is 6.92 Å². The van der Waals surface area contributed by atoms with Gasteiger partial charge < -0.3 is 5.32 Å². The third-order valence-corrected chi connectivity index (χ3v) is 3.58. The van der Waals surface area contributed by atoms with E-state index in [2.05, 4.69) is 12.2 Å². The summed E-state index contributed by atoms with van der Waals surface area (Å²) in [6, 6.07) is 3.54. The number of aryl methyl sites for hydroxylation is 1. The number of nitrogens with one attached hydrogen (secondary N) is 1. The molecule has 1 atom stereocenters. The Morgan fingerprint density at radius 1 is 1.56 bits per heavy atom. The van der Waals surface area contributed by atoms with E-state index in [1.54, 1.807) is 6.07 Å². The number of halogens is 1. The predicted molar refractivity (Wildman–Crippen MR) is 73.3 cm³/mol. The van der Waals surface area contributed by atoms with Crippen LogP contribution in [0.2, 0.25) is 5.02 Å². The summed E-state index contributed by atoms with van der Waals surface area (Å²) in [5.74, 6) is 0.848. The molecule has 1 N–H and O–H groups in total. The predicted octanol–water partition coefficient (Wildman–Crippen LogP) is 4.16. The lowest BCUT2D eigenvalue weighted by Gasteiger charge is -2.17. The van der Waals surface area contributed by atoms with Crippen LogP contribution in [0.15, 0.2) is 12.1 Å². The highest BCUT2D eigenvalue weighted by molar-refractivity contribution is 6.33. The first-order chi connectivity index (χ1) is 8.47. The summed E-state index contributed by atoms with van der Waals surface area (Å²) in [4.78, 5) is 10.3. The minimum Gasteiger partial charge on any atom is -0.382 e. The van der Waals surface area contributed by atoms with Crippen molar-refractivity contribution in [3.63, 3.8) is 0 Å². The Kier molecular flexibility index (Phi) is 3.76. The van der Waals surface area contributed by atoms with Crippen molar-refractivity contribution in [3.8, 4) is 0 Å². The molecule has 0 amide bonds. The molecule has 0 heterocycles. The number of hydrogen-bond donors (Lipinski definition) is 1. The molecule has 0 aromatic heterocycles. The quantitative estimate of drug-likeness (QED) is 0.644. The maximum absolute atomic E-state index is 10.8. The molecule has 18 heavy (non-hydrogen) atoms. The number of benzene rings is 1. The van der Waals surface area contributed by atoms with Crippen LogP contribution in [-0.4, -0.2) is 11.0 Å². The van der Waals surface area contributed by atoms with Gasteiger partial charge in [0.2, 0.25) is 0 Å². The van der Waals surface area contributed by atoms with Crippen LogP contribution >= 0.6 is 11.6 Å². The molecule has 0 radical (unpaired) electrons. The second-order valence-electron chi connectivity index (χ2n) is 5.10. The molecule has 0 bridgehead atoms. The molecule has 1 saturated carbocycles. The van der Waals surface area contributed by atoms with E-state index in [1.165, 1.54) is 18.9 Å². The Hall–Kier alpha value is -1.29. The van der Waals surface area contributed by atoms with Crippen LogP contribution in [0.5, 0.6) is 0 Å². The van der Waals surface area contributed by atoms with Gasteiger partial charge in [0.25, 0.3) is 5.69 Å². The summed E-state index contributed by atoms with van der Waals surface area (Å²) in [5.41, 5.74) is 1.71. The monoisotopic (exact) mass is 268 g/mol. The van der Waals surface area contributed by atoms with Gasteiger partial charge in [-0.05, 0) is 37.8 Å². The van der Waals surface area contributed by atoms with E-state index in [4.69, 9.17) is 11.6 Å². The highest BCUT2D eigenvalue weighted by Gasteiger charge is 2.24. The summed E-state index contributed by atoms with van der Waals surface area (Å²) in [5, 5.41) is 14.3. The van der Waals surface area contributed by atoms with Crippen molar-refractivity contribution >= 4 is 23.0 Å². The Morgan fingerprint density at radius 3 is 2.78 bits per heavy atom. The molecule has 1 aliphatic carbocycles. The highest BCUT2D eigenvalue weighted by Crippen LogP contribution is 2.35. The third kappa shape index (κ3) is 3.13. The average Bonchev–Trinajstić information content (AvgIpc) is 3.06. The molecule has 1 aliphatic rings. The van der Waals surface area contributed by atoms with Crippen LogP contribution in [0, 0.1) is 23.0 Å². The molecule has 0 saturated heterocycles. The van der Waals surface area contributed by atoms with Crippen molar-refractivity contribution in [2.45, 2.75) is 39.2 Å². The average molecular weight is 269 g/mol. The van der Waals surface area contributed by atoms with Crippen LogP contribution in [0.3, 0.4) is 0 Å². The van der Waals surface area contributed by atoms with Crippen molar-refractivity contribution in [3.05, 3.63) is 32.8 Å². The van der Waals surface area contributed by atoms with Crippen molar-refractivity contribution in [2.24, 2.45) is 5.92 Å². The summed E-state index contributed by atoms with van der Waals surface area (Å²) < 4.78 is 0. The van der Waals surface area contributed by atoms with E-state index >= 15 is 0 Å². The molecular weight excluding hydrogens is 252 g/mol. The summed E-state index contributed by atoms with van der Waals surface area (Å²) in [6.07, 6.45) is 3.80. The zero-order valence-corrected chi connectivity index (χ0v) is 11.3. The molecule has 1 aromatic carbocycles. The number of nitro benzene ring substituents is 1. The fourth-order valence-electron chi connectivity index (χ4n) is 2.14. The minimum absolute atomic E-state index is 0.0328. The van der Waals surface area contributed by atoms with E-state index in [9.17, 15) is 10.1 Å². The first kappa shape index (κ1) is 13.1. The van der Waals surface area contributed by atoms with E-state index < -0.39 is 4.92 Å². The van der Waals surface area contributed by atoms with Crippen LogP contribution in [0.4, 0.5) is 11.4 Å². The second kappa shape index (κ2) is 5.14. The molecule has 0 aliphatic heterocycles. The molecule has 2 rings (SSSR count). The normalized spacial score (nSPS) is 16.4. The van der Waals surface area contributed by atoms with E-state index in [0.717, 1.165) is 23.6 Å². The first-order valence-corrected chi connectivity index (χ1v) is 6.56. The van der Waals surface area contributed by atoms with Gasteiger partial charge in [-0.15, -0.1) is 0 Å². The van der Waals surface area contributed by atoms with Gasteiger partial charge in [0, 0.05) is 17.8 Å². The van der Waals surface area contributed by atoms with Gasteiger partial charge in [0.1, 0.15) is 5.02 Å². The van der Waals surface area contributed by atoms with Crippen LogP contribution in [0.25, 0.3) is 0 Å². The van der Waals surface area contributed by atoms with Gasteiger partial charge in [-0.3, -0.25) is 10.1 Å². The number of hydrogen-bond acceptors (Lipinski definition) is 3. The fraction of sp³-hybridized carbons (Fsp3) is 0.538. The molecule has 0 spiro atoms. The second-order valence-corrected chi connectivity index (χ2v) is 5.51. The van der Waals surface area contributed by atoms with Crippen molar-refractivity contribution in [2.75, 3.05) is 5.32 Å². The highest BCUT2D eigenvalue weighted by atomic mass is 35.5. The Balaban J connectivity index is 2.12. The van der Waals surface area contributed by atoms with Gasteiger partial charge in [-0.1, -0.05) is 24.4 Å². The fourth-order valence-corrected chi connectivity index (χ4v) is 2.37. The SMILES string of the molecule is Cc1cc([N+](=O)[O-])c(Cl)cc1NC(C)CC1CC1. The molecule has 1 aromatic rings. The summed E-state index contributed by atoms with van der Waals surface area (Å²) in [7, 11) is 0. The number of nitrogens with zero attached hydrogens (tertiary/aromatic N) is 1. The zero-order chi connectivity index (χ0) is 13.3. The van der Waals surface area contributed by atoms with Gasteiger partial charge in [-0.2, -0.15) is 0 Å². The zero-order valence-electron chi connectivity index (χ0n) is 10.6. The molecule has 1 fully saturated rings. The lowest BCUT2D eigenvalue weighted by Crippen LogP contribution is -2.16. The minimum atomic E-state index is -0.452. The maximum atomic E-state index is 10.8. The molecule has 98 valence electrons. The molecule has 4 nitrogen and oxygen atoms in total. The standard InChI is InChI=1S/C13H17ClN2O2/c1-8-5-13(16(17)18)11(14)7-12(8)15-9(2)6-10-3-4-10/h5,7,9-10,15H,3-4,6H2,1-2H3. The van der Waals surface area contributed by atoms with Crippen LogP contribution in [0.1, 0.15) is 31.7 Å². The van der Waals surface area contributed by atoms with E-state index in [-0.39, 0.29) is 10.7 Å². The number of nitro groups is 1. The molecular formula is C13H17ClN2O2. The summed E-state index contributed by atoms with van der Waals surface area (Å²) in [6.45, 7) is 3.99. The lowest BCUT2D eigenvalue weighted by atomic mass is 10.1. The van der Waals surface area contributed by atoms with Gasteiger partial charge >= 0.3 is 0 Å². The van der Waals surface area contributed by atoms with Crippen molar-refractivity contribution in [1.82, 2.24) is 0 Å². The van der Waals surface area contributed by atoms with Crippen molar-refractivity contribution < 1.29 is 4.92 Å². The Morgan fingerprint density at radius 2 is 2.22 bits per heavy atom. The smallest absolute Gasteiger partial charge is 0.288 e. The maximum Gasteiger partial charge on any atom is 0.288 e.